The molecule has 1 fully saturated rings. The Morgan fingerprint density at radius 1 is 0.778 bits per heavy atom. The largest absolute Gasteiger partial charge is 0.463 e. The van der Waals surface area contributed by atoms with Crippen LogP contribution in [0.2, 0.25) is 0 Å². The molecular weight excluding hydrogens is 348 g/mol. The fourth-order valence-corrected chi connectivity index (χ4v) is 3.62. The topological polar surface area (TPSA) is 78.9 Å². The van der Waals surface area contributed by atoms with Crippen LogP contribution >= 0.6 is 0 Å². The van der Waals surface area contributed by atoms with Crippen molar-refractivity contribution in [2.45, 2.75) is 59.3 Å². The maximum Gasteiger partial charge on any atom is 0.338 e. The van der Waals surface area contributed by atoms with Crippen molar-refractivity contribution < 1.29 is 28.6 Å². The van der Waals surface area contributed by atoms with E-state index >= 15 is 0 Å². The number of hydrogen-bond acceptors (Lipinski definition) is 6. The fraction of sp³-hybridized carbons (Fsp3) is 0.571. The highest BCUT2D eigenvalue weighted by atomic mass is 16.5. The smallest absolute Gasteiger partial charge is 0.338 e. The molecule has 2 aliphatic carbocycles. The Morgan fingerprint density at radius 2 is 1.37 bits per heavy atom. The van der Waals surface area contributed by atoms with Gasteiger partial charge in [0.05, 0.1) is 25.4 Å². The lowest BCUT2D eigenvalue weighted by atomic mass is 9.83. The van der Waals surface area contributed by atoms with Crippen LogP contribution < -0.4 is 0 Å². The summed E-state index contributed by atoms with van der Waals surface area (Å²) in [4.78, 5) is 37.3. The first kappa shape index (κ1) is 20.9. The third-order valence-electron chi connectivity index (χ3n) is 4.68. The first-order valence-electron chi connectivity index (χ1n) is 9.70. The number of carbonyl (C=O) groups is 3. The maximum absolute atomic E-state index is 12.7. The lowest BCUT2D eigenvalue weighted by Crippen LogP contribution is -2.16. The third kappa shape index (κ3) is 5.08. The van der Waals surface area contributed by atoms with E-state index in [0.29, 0.717) is 42.6 Å². The molecule has 0 atom stereocenters. The zero-order valence-electron chi connectivity index (χ0n) is 16.4. The highest BCUT2D eigenvalue weighted by Crippen LogP contribution is 2.41. The van der Waals surface area contributed by atoms with Crippen LogP contribution in [-0.4, -0.2) is 37.7 Å². The summed E-state index contributed by atoms with van der Waals surface area (Å²) in [5.74, 6) is -1.29. The van der Waals surface area contributed by atoms with Crippen LogP contribution in [0.5, 0.6) is 0 Å². The summed E-state index contributed by atoms with van der Waals surface area (Å²) >= 11 is 0. The molecule has 6 heteroatoms. The lowest BCUT2D eigenvalue weighted by molar-refractivity contribution is -0.139. The van der Waals surface area contributed by atoms with Crippen LogP contribution in [0.25, 0.3) is 0 Å². The second-order valence-corrected chi connectivity index (χ2v) is 6.38. The van der Waals surface area contributed by atoms with Crippen LogP contribution in [0.15, 0.2) is 33.9 Å². The molecule has 0 spiro atoms. The van der Waals surface area contributed by atoms with Crippen LogP contribution in [0.3, 0.4) is 0 Å². The molecule has 27 heavy (non-hydrogen) atoms. The Hall–Kier alpha value is -2.37. The van der Waals surface area contributed by atoms with Gasteiger partial charge in [-0.05, 0) is 76.0 Å². The van der Waals surface area contributed by atoms with E-state index in [1.165, 1.54) is 6.08 Å². The molecule has 0 amide bonds. The number of ether oxygens (including phenoxy) is 3. The van der Waals surface area contributed by atoms with Crippen LogP contribution in [0, 0.1) is 0 Å². The van der Waals surface area contributed by atoms with Gasteiger partial charge in [-0.25, -0.2) is 14.4 Å². The molecule has 0 heterocycles. The number of fused-ring (bicyclic) bond motifs is 1. The Bertz CT molecular complexity index is 695. The standard InChI is InChI=1S/C21H28O6/c1-4-25-18(22)13-14-11-12-17(20(23)26-5-2)15-9-7-8-10-16(15)19(14)21(24)27-6-3/h13H,4-12H2,1-3H3/b14-13-. The Labute approximate surface area is 160 Å². The summed E-state index contributed by atoms with van der Waals surface area (Å²) in [6.07, 6.45) is 5.44. The number of carbonyl (C=O) groups excluding carboxylic acids is 3. The van der Waals surface area contributed by atoms with Crippen LogP contribution in [-0.2, 0) is 28.6 Å². The Morgan fingerprint density at radius 3 is 2.00 bits per heavy atom. The molecule has 0 N–H and O–H groups in total. The summed E-state index contributed by atoms with van der Waals surface area (Å²) in [5.41, 5.74) is 3.30. The molecule has 0 unspecified atom stereocenters. The summed E-state index contributed by atoms with van der Waals surface area (Å²) in [6.45, 7) is 6.04. The highest BCUT2D eigenvalue weighted by Gasteiger charge is 2.32. The number of esters is 3. The van der Waals surface area contributed by atoms with Gasteiger partial charge in [-0.2, -0.15) is 0 Å². The molecule has 148 valence electrons. The molecular formula is C21H28O6. The predicted octanol–water partition coefficient (Wildman–Crippen LogP) is 3.56. The average molecular weight is 376 g/mol. The monoisotopic (exact) mass is 376 g/mol. The minimum atomic E-state index is -0.494. The summed E-state index contributed by atoms with van der Waals surface area (Å²) < 4.78 is 15.5. The number of allylic oxidation sites excluding steroid dienone is 2. The normalized spacial score (nSPS) is 18.7. The van der Waals surface area contributed by atoms with Gasteiger partial charge in [0.1, 0.15) is 0 Å². The fourth-order valence-electron chi connectivity index (χ4n) is 3.62. The first-order chi connectivity index (χ1) is 13.0. The van der Waals surface area contributed by atoms with E-state index in [4.69, 9.17) is 14.2 Å². The number of hydrogen-bond donors (Lipinski definition) is 0. The third-order valence-corrected chi connectivity index (χ3v) is 4.68. The SMILES string of the molecule is CCOC(=O)/C=C1/CCC(C(=O)OCC)=C2CCCCC2=C1C(=O)OCC. The first-order valence-corrected chi connectivity index (χ1v) is 9.70. The molecule has 0 aromatic rings. The van der Waals surface area contributed by atoms with E-state index in [-0.39, 0.29) is 19.2 Å². The Kier molecular flexibility index (Phi) is 7.82. The van der Waals surface area contributed by atoms with E-state index in [0.717, 1.165) is 30.4 Å². The molecule has 6 nitrogen and oxygen atoms in total. The molecule has 0 aromatic carbocycles. The van der Waals surface area contributed by atoms with Crippen molar-refractivity contribution in [3.63, 3.8) is 0 Å². The zero-order chi connectivity index (χ0) is 19.8. The van der Waals surface area contributed by atoms with Crippen LogP contribution in [0.4, 0.5) is 0 Å². The minimum absolute atomic E-state index is 0.242. The summed E-state index contributed by atoms with van der Waals surface area (Å²) in [5, 5.41) is 0. The zero-order valence-corrected chi connectivity index (χ0v) is 16.4. The summed E-state index contributed by atoms with van der Waals surface area (Å²) in [6, 6.07) is 0. The molecule has 0 aliphatic heterocycles. The molecule has 2 rings (SSSR count). The average Bonchev–Trinajstić information content (AvgIpc) is 2.79. The lowest BCUT2D eigenvalue weighted by Gasteiger charge is -2.22. The summed E-state index contributed by atoms with van der Waals surface area (Å²) in [7, 11) is 0. The van der Waals surface area contributed by atoms with Gasteiger partial charge < -0.3 is 14.2 Å². The molecule has 1 saturated carbocycles. The van der Waals surface area contributed by atoms with Crippen LogP contribution in [0.1, 0.15) is 59.3 Å². The van der Waals surface area contributed by atoms with Crippen molar-refractivity contribution in [1.29, 1.82) is 0 Å². The van der Waals surface area contributed by atoms with E-state index in [1.807, 2.05) is 0 Å². The molecule has 0 aromatic heterocycles. The van der Waals surface area contributed by atoms with E-state index in [2.05, 4.69) is 0 Å². The molecule has 0 radical (unpaired) electrons. The van der Waals surface area contributed by atoms with Gasteiger partial charge in [0, 0.05) is 11.6 Å². The van der Waals surface area contributed by atoms with Gasteiger partial charge >= 0.3 is 17.9 Å². The van der Waals surface area contributed by atoms with Crippen molar-refractivity contribution in [2.24, 2.45) is 0 Å². The van der Waals surface area contributed by atoms with Crippen molar-refractivity contribution in [3.8, 4) is 0 Å². The molecule has 0 saturated heterocycles. The van der Waals surface area contributed by atoms with E-state index in [1.54, 1.807) is 20.8 Å². The minimum Gasteiger partial charge on any atom is -0.463 e. The van der Waals surface area contributed by atoms with Crippen molar-refractivity contribution in [1.82, 2.24) is 0 Å². The second-order valence-electron chi connectivity index (χ2n) is 6.38. The second kappa shape index (κ2) is 10.1. The van der Waals surface area contributed by atoms with Crippen molar-refractivity contribution in [2.75, 3.05) is 19.8 Å². The number of rotatable bonds is 6. The van der Waals surface area contributed by atoms with Gasteiger partial charge in [-0.15, -0.1) is 0 Å². The van der Waals surface area contributed by atoms with Gasteiger partial charge in [-0.1, -0.05) is 0 Å². The predicted molar refractivity (Wildman–Crippen MR) is 99.7 cm³/mol. The van der Waals surface area contributed by atoms with Gasteiger partial charge in [0.15, 0.2) is 0 Å². The van der Waals surface area contributed by atoms with Crippen molar-refractivity contribution >= 4 is 17.9 Å². The van der Waals surface area contributed by atoms with Crippen molar-refractivity contribution in [3.05, 3.63) is 33.9 Å². The quantitative estimate of drug-likeness (QED) is 0.401. The molecule has 0 bridgehead atoms. The van der Waals surface area contributed by atoms with Gasteiger partial charge in [-0.3, -0.25) is 0 Å². The van der Waals surface area contributed by atoms with E-state index < -0.39 is 11.9 Å². The van der Waals surface area contributed by atoms with E-state index in [9.17, 15) is 14.4 Å². The van der Waals surface area contributed by atoms with Gasteiger partial charge in [0.2, 0.25) is 0 Å². The highest BCUT2D eigenvalue weighted by molar-refractivity contribution is 6.00. The molecule has 2 aliphatic rings. The maximum atomic E-state index is 12.7. The Balaban J connectivity index is 2.59. The van der Waals surface area contributed by atoms with Gasteiger partial charge in [0.25, 0.3) is 0 Å².